The largest absolute Gasteiger partial charge is 0.492 e. The van der Waals surface area contributed by atoms with E-state index < -0.39 is 6.10 Å². The maximum Gasteiger partial charge on any atom is 0.133 e. The average Bonchev–Trinajstić information content (AvgIpc) is 2.79. The maximum absolute atomic E-state index is 10.2. The van der Waals surface area contributed by atoms with Crippen LogP contribution in [0, 0.1) is 0 Å². The lowest BCUT2D eigenvalue weighted by Gasteiger charge is -2.27. The van der Waals surface area contributed by atoms with E-state index in [9.17, 15) is 10.2 Å². The van der Waals surface area contributed by atoms with E-state index in [2.05, 4.69) is 41.9 Å². The summed E-state index contributed by atoms with van der Waals surface area (Å²) in [5, 5.41) is 20.8. The van der Waals surface area contributed by atoms with Crippen molar-refractivity contribution >= 4 is 27.5 Å². The van der Waals surface area contributed by atoms with E-state index in [0.29, 0.717) is 29.6 Å². The summed E-state index contributed by atoms with van der Waals surface area (Å²) in [6.45, 7) is 6.36. The van der Waals surface area contributed by atoms with Crippen LogP contribution in [0.2, 0.25) is 0 Å². The van der Waals surface area contributed by atoms with Crippen molar-refractivity contribution < 1.29 is 19.7 Å². The van der Waals surface area contributed by atoms with Crippen molar-refractivity contribution in [3.63, 3.8) is 0 Å². The number of benzene rings is 2. The molecule has 6 N–H and O–H groups in total. The molecule has 2 aromatic carbocycles. The van der Waals surface area contributed by atoms with Gasteiger partial charge in [-0.1, -0.05) is 32.0 Å². The van der Waals surface area contributed by atoms with Crippen LogP contribution in [0.1, 0.15) is 38.3 Å². The Morgan fingerprint density at radius 1 is 1.15 bits per heavy atom. The number of allylic oxidation sites excluding steroid dienone is 1. The molecular weight excluding hydrogens is 522 g/mol. The van der Waals surface area contributed by atoms with Crippen LogP contribution in [0.3, 0.4) is 0 Å². The molecule has 2 rings (SSSR count). The molecule has 34 heavy (non-hydrogen) atoms. The minimum Gasteiger partial charge on any atom is -0.492 e. The summed E-state index contributed by atoms with van der Waals surface area (Å²) in [6.07, 6.45) is -0.0600. The summed E-state index contributed by atoms with van der Waals surface area (Å²) in [5.41, 5.74) is 8.47. The molecule has 0 saturated carbocycles. The van der Waals surface area contributed by atoms with Crippen LogP contribution < -0.4 is 21.1 Å². The van der Waals surface area contributed by atoms with Crippen LogP contribution in [0.15, 0.2) is 58.3 Å². The molecule has 0 heterocycles. The van der Waals surface area contributed by atoms with Crippen molar-refractivity contribution in [2.75, 3.05) is 32.2 Å². The fraction of sp³-hybridized carbons (Fsp3) is 0.440. The molecule has 2 aromatic rings. The fourth-order valence-electron chi connectivity index (χ4n) is 3.40. The molecule has 0 bridgehead atoms. The molecular formula is C25H35BrClN3O4. The van der Waals surface area contributed by atoms with Gasteiger partial charge in [0.2, 0.25) is 0 Å². The van der Waals surface area contributed by atoms with Crippen LogP contribution in [0.4, 0.5) is 0 Å². The number of hydrazine groups is 1. The van der Waals surface area contributed by atoms with E-state index in [1.165, 1.54) is 5.01 Å². The highest BCUT2D eigenvalue weighted by atomic mass is 79.9. The van der Waals surface area contributed by atoms with Crippen LogP contribution in [0.5, 0.6) is 11.5 Å². The fourth-order valence-corrected chi connectivity index (χ4v) is 4.00. The van der Waals surface area contributed by atoms with E-state index in [-0.39, 0.29) is 25.2 Å². The first-order chi connectivity index (χ1) is 16.1. The highest BCUT2D eigenvalue weighted by Gasteiger charge is 2.24. The van der Waals surface area contributed by atoms with Crippen molar-refractivity contribution in [2.45, 2.75) is 38.7 Å². The van der Waals surface area contributed by atoms with Gasteiger partial charge in [-0.05, 0) is 64.7 Å². The Morgan fingerprint density at radius 3 is 2.35 bits per heavy atom. The van der Waals surface area contributed by atoms with Gasteiger partial charge in [-0.2, -0.15) is 0 Å². The number of nitrogens with zero attached hydrogens (tertiary/aromatic N) is 1. The van der Waals surface area contributed by atoms with Gasteiger partial charge in [-0.25, -0.2) is 5.84 Å². The molecule has 0 aliphatic rings. The number of alkyl halides is 1. The summed E-state index contributed by atoms with van der Waals surface area (Å²) in [6, 6.07) is 13.9. The topological polar surface area (TPSA) is 114 Å². The Morgan fingerprint density at radius 2 is 1.79 bits per heavy atom. The van der Waals surface area contributed by atoms with Gasteiger partial charge in [0.1, 0.15) is 24.2 Å². The molecule has 9 heteroatoms. The predicted octanol–water partition coefficient (Wildman–Crippen LogP) is 3.88. The lowest BCUT2D eigenvalue weighted by molar-refractivity contribution is 0.0741. The smallest absolute Gasteiger partial charge is 0.133 e. The minimum atomic E-state index is -0.857. The second kappa shape index (κ2) is 13.2. The summed E-state index contributed by atoms with van der Waals surface area (Å²) in [5.74, 6) is 7.88. The van der Waals surface area contributed by atoms with Gasteiger partial charge in [0.25, 0.3) is 0 Å². The molecule has 0 aliphatic carbocycles. The molecule has 188 valence electrons. The Hall–Kier alpha value is -1.97. The minimum absolute atomic E-state index is 0.0525. The van der Waals surface area contributed by atoms with Crippen LogP contribution >= 0.6 is 27.5 Å². The van der Waals surface area contributed by atoms with E-state index in [0.717, 1.165) is 27.8 Å². The number of ether oxygens (including phenoxy) is 2. The molecule has 0 fully saturated rings. The van der Waals surface area contributed by atoms with Crippen LogP contribution in [-0.2, 0) is 5.41 Å². The second-order valence-electron chi connectivity index (χ2n) is 8.59. The summed E-state index contributed by atoms with van der Waals surface area (Å²) < 4.78 is 12.4. The third kappa shape index (κ3) is 7.78. The van der Waals surface area contributed by atoms with Crippen molar-refractivity contribution in [2.24, 2.45) is 11.6 Å². The van der Waals surface area contributed by atoms with Crippen molar-refractivity contribution in [3.8, 4) is 11.5 Å². The lowest BCUT2D eigenvalue weighted by atomic mass is 9.78. The standard InChI is InChI=1S/C25H35BrClN3O4/c1-17(28)23(15-31)30(29)14-20(32)16-34-21-8-5-18(6-9-21)25(2,3)19-7-10-24(22(26)13-19)33-12-4-11-27/h5-10,13,20,31-32H,4,11-12,14-16,28-29H2,1-3H3/b23-17-/t20-/m1/s1. The number of rotatable bonds is 13. The van der Waals surface area contributed by atoms with Gasteiger partial charge >= 0.3 is 0 Å². The number of aliphatic hydroxyl groups is 2. The van der Waals surface area contributed by atoms with E-state index >= 15 is 0 Å². The van der Waals surface area contributed by atoms with Gasteiger partial charge in [0.15, 0.2) is 0 Å². The van der Waals surface area contributed by atoms with Crippen LogP contribution in [-0.4, -0.2) is 53.6 Å². The van der Waals surface area contributed by atoms with Crippen molar-refractivity contribution in [1.29, 1.82) is 0 Å². The third-order valence-electron chi connectivity index (χ3n) is 5.57. The van der Waals surface area contributed by atoms with Gasteiger partial charge in [-0.3, -0.25) is 0 Å². The molecule has 0 amide bonds. The molecule has 0 unspecified atom stereocenters. The Labute approximate surface area is 215 Å². The monoisotopic (exact) mass is 555 g/mol. The first kappa shape index (κ1) is 28.3. The lowest BCUT2D eigenvalue weighted by Crippen LogP contribution is -2.41. The van der Waals surface area contributed by atoms with Gasteiger partial charge in [-0.15, -0.1) is 11.6 Å². The molecule has 7 nitrogen and oxygen atoms in total. The molecule has 0 saturated heterocycles. The zero-order chi connectivity index (χ0) is 25.3. The Kier molecular flexibility index (Phi) is 11.0. The zero-order valence-corrected chi connectivity index (χ0v) is 22.3. The SMILES string of the molecule is C/C(N)=C(\CO)N(N)C[C@@H](O)COc1ccc(C(C)(C)c2ccc(OCCCCl)c(Br)c2)cc1. The second-order valence-corrected chi connectivity index (χ2v) is 9.82. The average molecular weight is 557 g/mol. The van der Waals surface area contributed by atoms with Gasteiger partial charge in [0, 0.05) is 17.0 Å². The van der Waals surface area contributed by atoms with Crippen LogP contribution in [0.25, 0.3) is 0 Å². The number of hydrogen-bond donors (Lipinski definition) is 4. The highest BCUT2D eigenvalue weighted by molar-refractivity contribution is 9.10. The van der Waals surface area contributed by atoms with Gasteiger partial charge < -0.3 is 30.4 Å². The quantitative estimate of drug-likeness (QED) is 0.128. The Balaban J connectivity index is 2.00. The van der Waals surface area contributed by atoms with Crippen molar-refractivity contribution in [3.05, 3.63) is 69.5 Å². The first-order valence-electron chi connectivity index (χ1n) is 11.1. The highest BCUT2D eigenvalue weighted by Crippen LogP contribution is 2.36. The predicted molar refractivity (Wildman–Crippen MR) is 140 cm³/mol. The summed E-state index contributed by atoms with van der Waals surface area (Å²) in [4.78, 5) is 0. The molecule has 0 spiro atoms. The third-order valence-corrected chi connectivity index (χ3v) is 6.45. The van der Waals surface area contributed by atoms with Gasteiger partial charge in [0.05, 0.1) is 29.9 Å². The van der Waals surface area contributed by atoms with E-state index in [1.807, 2.05) is 30.3 Å². The van der Waals surface area contributed by atoms with E-state index in [4.69, 9.17) is 32.7 Å². The molecule has 0 aliphatic heterocycles. The number of aliphatic hydroxyl groups excluding tert-OH is 2. The summed E-state index contributed by atoms with van der Waals surface area (Å²) in [7, 11) is 0. The normalized spacial score (nSPS) is 13.3. The molecule has 1 atom stereocenters. The Bertz CT molecular complexity index is 950. The number of halogens is 2. The van der Waals surface area contributed by atoms with Crippen molar-refractivity contribution in [1.82, 2.24) is 5.01 Å². The maximum atomic E-state index is 10.2. The molecule has 0 aromatic heterocycles. The number of hydrogen-bond acceptors (Lipinski definition) is 7. The summed E-state index contributed by atoms with van der Waals surface area (Å²) >= 11 is 9.33. The first-order valence-corrected chi connectivity index (χ1v) is 12.4. The number of nitrogens with two attached hydrogens (primary N) is 2. The molecule has 0 radical (unpaired) electrons. The van der Waals surface area contributed by atoms with E-state index in [1.54, 1.807) is 6.92 Å². The zero-order valence-electron chi connectivity index (χ0n) is 19.9.